The second kappa shape index (κ2) is 13.6. The SMILES string of the molecule is CNCCCC(=O)NCC(c1ccc(Cl)cc1)N1CCOCC1.Cl.Cl. The highest BCUT2D eigenvalue weighted by Crippen LogP contribution is 2.23. The van der Waals surface area contributed by atoms with Gasteiger partial charge in [-0.3, -0.25) is 9.69 Å². The Bertz CT molecular complexity index is 483. The standard InChI is InChI=1S/C17H26ClN3O2.2ClH/c1-19-8-2-3-17(22)20-13-16(21-9-11-23-12-10-21)14-4-6-15(18)7-5-14;;/h4-7,16,19H,2-3,8-13H2,1H3,(H,20,22);2*1H. The number of ether oxygens (including phenoxy) is 1. The van der Waals surface area contributed by atoms with Gasteiger partial charge in [-0.1, -0.05) is 23.7 Å². The predicted molar refractivity (Wildman–Crippen MR) is 107 cm³/mol. The maximum Gasteiger partial charge on any atom is 0.220 e. The zero-order chi connectivity index (χ0) is 16.5. The fourth-order valence-corrected chi connectivity index (χ4v) is 2.88. The number of amides is 1. The van der Waals surface area contributed by atoms with Crippen LogP contribution in [0.5, 0.6) is 0 Å². The van der Waals surface area contributed by atoms with E-state index in [1.54, 1.807) is 0 Å². The molecule has 1 fully saturated rings. The number of halogens is 3. The molecule has 1 aliphatic rings. The van der Waals surface area contributed by atoms with E-state index in [1.807, 2.05) is 31.3 Å². The van der Waals surface area contributed by atoms with E-state index in [0.29, 0.717) is 13.0 Å². The molecule has 1 atom stereocenters. The van der Waals surface area contributed by atoms with Crippen molar-refractivity contribution in [1.82, 2.24) is 15.5 Å². The molecular weight excluding hydrogens is 385 g/mol. The quantitative estimate of drug-likeness (QED) is 0.645. The van der Waals surface area contributed by atoms with Gasteiger partial charge in [0.05, 0.1) is 19.3 Å². The molecule has 1 unspecified atom stereocenters. The van der Waals surface area contributed by atoms with E-state index >= 15 is 0 Å². The second-order valence-corrected chi connectivity index (χ2v) is 6.16. The summed E-state index contributed by atoms with van der Waals surface area (Å²) in [5, 5.41) is 6.85. The minimum atomic E-state index is 0. The van der Waals surface area contributed by atoms with Gasteiger partial charge >= 0.3 is 0 Å². The monoisotopic (exact) mass is 411 g/mol. The van der Waals surface area contributed by atoms with Crippen molar-refractivity contribution in [3.05, 3.63) is 34.9 Å². The largest absolute Gasteiger partial charge is 0.379 e. The van der Waals surface area contributed by atoms with Crippen molar-refractivity contribution in [3.8, 4) is 0 Å². The number of nitrogens with one attached hydrogen (secondary N) is 2. The Hall–Kier alpha value is -0.560. The topological polar surface area (TPSA) is 53.6 Å². The van der Waals surface area contributed by atoms with Crippen LogP contribution in [0.15, 0.2) is 24.3 Å². The molecule has 1 saturated heterocycles. The average molecular weight is 413 g/mol. The first-order chi connectivity index (χ1) is 11.2. The summed E-state index contributed by atoms with van der Waals surface area (Å²) in [5.41, 5.74) is 1.17. The van der Waals surface area contributed by atoms with Gasteiger partial charge in [-0.15, -0.1) is 24.8 Å². The third kappa shape index (κ3) is 8.58. The smallest absolute Gasteiger partial charge is 0.220 e. The van der Waals surface area contributed by atoms with Gasteiger partial charge in [0.15, 0.2) is 0 Å². The first kappa shape index (κ1) is 24.4. The highest BCUT2D eigenvalue weighted by molar-refractivity contribution is 6.30. The second-order valence-electron chi connectivity index (χ2n) is 5.73. The summed E-state index contributed by atoms with van der Waals surface area (Å²) in [5.74, 6) is 0.104. The van der Waals surface area contributed by atoms with Crippen molar-refractivity contribution in [2.45, 2.75) is 18.9 Å². The molecule has 0 aliphatic carbocycles. The summed E-state index contributed by atoms with van der Waals surface area (Å²) in [6.45, 7) is 4.70. The molecule has 0 bridgehead atoms. The molecule has 0 spiro atoms. The van der Waals surface area contributed by atoms with E-state index in [9.17, 15) is 4.79 Å². The van der Waals surface area contributed by atoms with Gasteiger partial charge in [0.2, 0.25) is 5.91 Å². The first-order valence-corrected chi connectivity index (χ1v) is 8.57. The van der Waals surface area contributed by atoms with Crippen molar-refractivity contribution < 1.29 is 9.53 Å². The van der Waals surface area contributed by atoms with Crippen molar-refractivity contribution in [3.63, 3.8) is 0 Å². The van der Waals surface area contributed by atoms with Crippen LogP contribution < -0.4 is 10.6 Å². The molecule has 2 rings (SSSR count). The Morgan fingerprint density at radius 1 is 1.24 bits per heavy atom. The molecule has 1 aromatic rings. The molecule has 1 amide bonds. The number of carbonyl (C=O) groups is 1. The Balaban J connectivity index is 0.00000288. The molecule has 5 nitrogen and oxygen atoms in total. The summed E-state index contributed by atoms with van der Waals surface area (Å²) in [7, 11) is 1.90. The van der Waals surface area contributed by atoms with Gasteiger partial charge < -0.3 is 15.4 Å². The molecule has 0 aromatic heterocycles. The summed E-state index contributed by atoms with van der Waals surface area (Å²) < 4.78 is 5.44. The lowest BCUT2D eigenvalue weighted by Crippen LogP contribution is -2.43. The fraction of sp³-hybridized carbons (Fsp3) is 0.588. The third-order valence-electron chi connectivity index (χ3n) is 4.06. The van der Waals surface area contributed by atoms with E-state index < -0.39 is 0 Å². The van der Waals surface area contributed by atoms with Crippen LogP contribution in [0.2, 0.25) is 5.02 Å². The van der Waals surface area contributed by atoms with Crippen molar-refractivity contribution in [1.29, 1.82) is 0 Å². The third-order valence-corrected chi connectivity index (χ3v) is 4.32. The van der Waals surface area contributed by atoms with Crippen LogP contribution in [0.3, 0.4) is 0 Å². The molecule has 1 heterocycles. The number of carbonyl (C=O) groups excluding carboxylic acids is 1. The molecule has 25 heavy (non-hydrogen) atoms. The lowest BCUT2D eigenvalue weighted by atomic mass is 10.0. The van der Waals surface area contributed by atoms with Crippen LogP contribution in [0.1, 0.15) is 24.4 Å². The summed E-state index contributed by atoms with van der Waals surface area (Å²) in [6, 6.07) is 8.04. The van der Waals surface area contributed by atoms with Gasteiger partial charge in [0, 0.05) is 31.1 Å². The Morgan fingerprint density at radius 3 is 2.48 bits per heavy atom. The van der Waals surface area contributed by atoms with Crippen LogP contribution in [-0.4, -0.2) is 57.2 Å². The zero-order valence-corrected chi connectivity index (χ0v) is 16.9. The maximum atomic E-state index is 12.0. The minimum absolute atomic E-state index is 0. The highest BCUT2D eigenvalue weighted by atomic mass is 35.5. The van der Waals surface area contributed by atoms with E-state index in [0.717, 1.165) is 44.3 Å². The number of benzene rings is 1. The number of hydrogen-bond acceptors (Lipinski definition) is 4. The Labute approximate surface area is 167 Å². The van der Waals surface area contributed by atoms with Gasteiger partial charge in [-0.2, -0.15) is 0 Å². The summed E-state index contributed by atoms with van der Waals surface area (Å²) in [4.78, 5) is 14.3. The maximum absolute atomic E-state index is 12.0. The number of rotatable bonds is 8. The molecule has 1 aromatic carbocycles. The van der Waals surface area contributed by atoms with Crippen LogP contribution in [0.4, 0.5) is 0 Å². The van der Waals surface area contributed by atoms with E-state index in [1.165, 1.54) is 5.56 Å². The van der Waals surface area contributed by atoms with E-state index in [-0.39, 0.29) is 36.8 Å². The Kier molecular flexibility index (Phi) is 13.3. The van der Waals surface area contributed by atoms with Gasteiger partial charge in [0.25, 0.3) is 0 Å². The van der Waals surface area contributed by atoms with Gasteiger partial charge in [0.1, 0.15) is 0 Å². The number of morpholine rings is 1. The van der Waals surface area contributed by atoms with Crippen LogP contribution in [-0.2, 0) is 9.53 Å². The molecule has 1 aliphatic heterocycles. The normalized spacial score (nSPS) is 15.6. The molecule has 2 N–H and O–H groups in total. The van der Waals surface area contributed by atoms with E-state index in [4.69, 9.17) is 16.3 Å². The highest BCUT2D eigenvalue weighted by Gasteiger charge is 2.23. The lowest BCUT2D eigenvalue weighted by Gasteiger charge is -2.35. The summed E-state index contributed by atoms with van der Waals surface area (Å²) in [6.07, 6.45) is 1.41. The molecule has 144 valence electrons. The van der Waals surface area contributed by atoms with Crippen LogP contribution in [0.25, 0.3) is 0 Å². The molecule has 0 saturated carbocycles. The van der Waals surface area contributed by atoms with Crippen molar-refractivity contribution >= 4 is 42.3 Å². The molecular formula is C17H28Cl3N3O2. The molecule has 8 heteroatoms. The Morgan fingerprint density at radius 2 is 1.88 bits per heavy atom. The van der Waals surface area contributed by atoms with Crippen LogP contribution >= 0.6 is 36.4 Å². The summed E-state index contributed by atoms with van der Waals surface area (Å²) >= 11 is 5.99. The van der Waals surface area contributed by atoms with Gasteiger partial charge in [-0.05, 0) is 37.7 Å². The predicted octanol–water partition coefficient (Wildman–Crippen LogP) is 2.67. The van der Waals surface area contributed by atoms with Crippen LogP contribution in [0, 0.1) is 0 Å². The average Bonchev–Trinajstić information content (AvgIpc) is 2.58. The van der Waals surface area contributed by atoms with Crippen molar-refractivity contribution in [2.24, 2.45) is 0 Å². The first-order valence-electron chi connectivity index (χ1n) is 8.19. The molecule has 0 radical (unpaired) electrons. The fourth-order valence-electron chi connectivity index (χ4n) is 2.76. The zero-order valence-electron chi connectivity index (χ0n) is 14.5. The number of hydrogen-bond donors (Lipinski definition) is 2. The minimum Gasteiger partial charge on any atom is -0.379 e. The van der Waals surface area contributed by atoms with Crippen molar-refractivity contribution in [2.75, 3.05) is 46.4 Å². The number of nitrogens with zero attached hydrogens (tertiary/aromatic N) is 1. The lowest BCUT2D eigenvalue weighted by molar-refractivity contribution is -0.121. The van der Waals surface area contributed by atoms with E-state index in [2.05, 4.69) is 15.5 Å². The van der Waals surface area contributed by atoms with Gasteiger partial charge in [-0.25, -0.2) is 0 Å².